The highest BCUT2D eigenvalue weighted by molar-refractivity contribution is 5.33. The van der Waals surface area contributed by atoms with E-state index >= 15 is 0 Å². The second kappa shape index (κ2) is 5.54. The second-order valence-corrected chi connectivity index (χ2v) is 5.21. The molecule has 2 aromatic rings. The van der Waals surface area contributed by atoms with Crippen molar-refractivity contribution >= 4 is 0 Å². The van der Waals surface area contributed by atoms with Crippen molar-refractivity contribution in [2.24, 2.45) is 5.73 Å². The lowest BCUT2D eigenvalue weighted by molar-refractivity contribution is 0.573. The first kappa shape index (κ1) is 13.8. The van der Waals surface area contributed by atoms with Crippen molar-refractivity contribution in [1.82, 2.24) is 0 Å². The highest BCUT2D eigenvalue weighted by Gasteiger charge is 2.13. The van der Waals surface area contributed by atoms with E-state index in [1.807, 2.05) is 6.07 Å². The molecule has 2 N–H and O–H groups in total. The van der Waals surface area contributed by atoms with Crippen LogP contribution in [0.15, 0.2) is 36.4 Å². The Bertz CT molecular complexity index is 590. The van der Waals surface area contributed by atoms with E-state index in [0.717, 1.165) is 5.56 Å². The Kier molecular flexibility index (Phi) is 4.01. The molecule has 0 fully saturated rings. The molecule has 0 radical (unpaired) electrons. The maximum atomic E-state index is 14.0. The van der Waals surface area contributed by atoms with E-state index in [1.54, 1.807) is 19.1 Å². The van der Waals surface area contributed by atoms with Crippen LogP contribution >= 0.6 is 0 Å². The van der Waals surface area contributed by atoms with E-state index in [4.69, 9.17) is 5.73 Å². The zero-order chi connectivity index (χ0) is 14.0. The predicted octanol–water partition coefficient (Wildman–Crippen LogP) is 3.99. The zero-order valence-electron chi connectivity index (χ0n) is 11.7. The molecule has 0 saturated carbocycles. The molecule has 0 aliphatic carbocycles. The lowest BCUT2D eigenvalue weighted by atomic mass is 9.96. The van der Waals surface area contributed by atoms with Crippen LogP contribution in [-0.2, 0) is 6.42 Å². The van der Waals surface area contributed by atoms with Crippen LogP contribution in [0.3, 0.4) is 0 Å². The third-order valence-electron chi connectivity index (χ3n) is 3.65. The molecular formula is C17H20FN. The number of hydrogen-bond acceptors (Lipinski definition) is 1. The Hall–Kier alpha value is -1.67. The van der Waals surface area contributed by atoms with Gasteiger partial charge in [0.2, 0.25) is 0 Å². The fourth-order valence-electron chi connectivity index (χ4n) is 2.25. The van der Waals surface area contributed by atoms with E-state index in [-0.39, 0.29) is 11.9 Å². The molecule has 0 aliphatic rings. The van der Waals surface area contributed by atoms with E-state index < -0.39 is 0 Å². The van der Waals surface area contributed by atoms with Gasteiger partial charge in [-0.05, 0) is 49.4 Å². The summed E-state index contributed by atoms with van der Waals surface area (Å²) in [5.41, 5.74) is 11.0. The fourth-order valence-corrected chi connectivity index (χ4v) is 2.25. The monoisotopic (exact) mass is 257 g/mol. The molecule has 0 saturated heterocycles. The van der Waals surface area contributed by atoms with Gasteiger partial charge >= 0.3 is 0 Å². The number of halogens is 1. The van der Waals surface area contributed by atoms with Gasteiger partial charge in [-0.25, -0.2) is 4.39 Å². The van der Waals surface area contributed by atoms with Crippen LogP contribution < -0.4 is 5.73 Å². The Morgan fingerprint density at radius 3 is 2.42 bits per heavy atom. The largest absolute Gasteiger partial charge is 0.324 e. The number of hydrogen-bond donors (Lipinski definition) is 1. The molecule has 2 heteroatoms. The highest BCUT2D eigenvalue weighted by Crippen LogP contribution is 2.22. The van der Waals surface area contributed by atoms with Crippen LogP contribution in [0.1, 0.15) is 33.9 Å². The number of nitrogens with two attached hydrogens (primary N) is 1. The lowest BCUT2D eigenvalue weighted by Gasteiger charge is -2.15. The van der Waals surface area contributed by atoms with Gasteiger partial charge in [-0.3, -0.25) is 0 Å². The van der Waals surface area contributed by atoms with Crippen LogP contribution in [0.2, 0.25) is 0 Å². The molecule has 1 atom stereocenters. The minimum absolute atomic E-state index is 0.182. The van der Waals surface area contributed by atoms with E-state index in [0.29, 0.717) is 17.5 Å². The van der Waals surface area contributed by atoms with Gasteiger partial charge in [0.1, 0.15) is 5.82 Å². The van der Waals surface area contributed by atoms with Gasteiger partial charge < -0.3 is 5.73 Å². The highest BCUT2D eigenvalue weighted by atomic mass is 19.1. The molecule has 2 rings (SSSR count). The second-order valence-electron chi connectivity index (χ2n) is 5.21. The van der Waals surface area contributed by atoms with E-state index in [2.05, 4.69) is 32.0 Å². The van der Waals surface area contributed by atoms with Crippen molar-refractivity contribution in [1.29, 1.82) is 0 Å². The summed E-state index contributed by atoms with van der Waals surface area (Å²) in [5.74, 6) is -0.182. The average molecular weight is 257 g/mol. The van der Waals surface area contributed by atoms with E-state index in [9.17, 15) is 4.39 Å². The summed E-state index contributed by atoms with van der Waals surface area (Å²) < 4.78 is 14.0. The summed E-state index contributed by atoms with van der Waals surface area (Å²) in [4.78, 5) is 0. The summed E-state index contributed by atoms with van der Waals surface area (Å²) in [6.07, 6.45) is 0.654. The Balaban J connectivity index is 2.23. The molecule has 0 spiro atoms. The van der Waals surface area contributed by atoms with Crippen LogP contribution in [0.4, 0.5) is 4.39 Å². The molecule has 0 aliphatic heterocycles. The first-order chi connectivity index (χ1) is 8.99. The summed E-state index contributed by atoms with van der Waals surface area (Å²) in [6, 6.07) is 11.4. The molecule has 1 unspecified atom stereocenters. The van der Waals surface area contributed by atoms with Gasteiger partial charge in [0, 0.05) is 11.6 Å². The Morgan fingerprint density at radius 2 is 1.74 bits per heavy atom. The van der Waals surface area contributed by atoms with Gasteiger partial charge in [-0.2, -0.15) is 0 Å². The maximum Gasteiger partial charge on any atom is 0.130 e. The number of benzene rings is 2. The standard InChI is InChI=1S/C17H20FN/c1-11-7-8-14(9-13(11)3)10-16(19)15-6-4-5-12(2)17(15)18/h4-9,16H,10,19H2,1-3H3. The molecule has 0 aromatic heterocycles. The SMILES string of the molecule is Cc1ccc(CC(N)c2cccc(C)c2F)cc1C. The first-order valence-corrected chi connectivity index (χ1v) is 6.55. The number of aryl methyl sites for hydroxylation is 3. The molecule has 0 bridgehead atoms. The van der Waals surface area contributed by atoms with Gasteiger partial charge in [-0.15, -0.1) is 0 Å². The topological polar surface area (TPSA) is 26.0 Å². The summed E-state index contributed by atoms with van der Waals surface area (Å²) >= 11 is 0. The minimum atomic E-state index is -0.304. The Labute approximate surface area is 114 Å². The van der Waals surface area contributed by atoms with Gasteiger partial charge in [-0.1, -0.05) is 36.4 Å². The van der Waals surface area contributed by atoms with Crippen molar-refractivity contribution in [3.05, 3.63) is 70.0 Å². The van der Waals surface area contributed by atoms with Crippen molar-refractivity contribution < 1.29 is 4.39 Å². The van der Waals surface area contributed by atoms with Crippen LogP contribution in [0, 0.1) is 26.6 Å². The van der Waals surface area contributed by atoms with Crippen molar-refractivity contribution in [3.63, 3.8) is 0 Å². The van der Waals surface area contributed by atoms with Gasteiger partial charge in [0.05, 0.1) is 0 Å². The average Bonchev–Trinajstić information content (AvgIpc) is 2.37. The molecule has 19 heavy (non-hydrogen) atoms. The molecular weight excluding hydrogens is 237 g/mol. The third-order valence-corrected chi connectivity index (χ3v) is 3.65. The normalized spacial score (nSPS) is 12.5. The van der Waals surface area contributed by atoms with Crippen molar-refractivity contribution in [2.45, 2.75) is 33.2 Å². The molecule has 2 aromatic carbocycles. The predicted molar refractivity (Wildman–Crippen MR) is 77.7 cm³/mol. The van der Waals surface area contributed by atoms with Crippen molar-refractivity contribution in [3.8, 4) is 0 Å². The number of rotatable bonds is 3. The van der Waals surface area contributed by atoms with Crippen LogP contribution in [-0.4, -0.2) is 0 Å². The quantitative estimate of drug-likeness (QED) is 0.884. The van der Waals surface area contributed by atoms with Crippen LogP contribution in [0.25, 0.3) is 0 Å². The first-order valence-electron chi connectivity index (χ1n) is 6.55. The summed E-state index contributed by atoms with van der Waals surface area (Å²) in [6.45, 7) is 5.93. The maximum absolute atomic E-state index is 14.0. The van der Waals surface area contributed by atoms with Crippen LogP contribution in [0.5, 0.6) is 0 Å². The van der Waals surface area contributed by atoms with Crippen molar-refractivity contribution in [2.75, 3.05) is 0 Å². The molecule has 0 amide bonds. The Morgan fingerprint density at radius 1 is 1.00 bits per heavy atom. The molecule has 0 heterocycles. The summed E-state index contributed by atoms with van der Waals surface area (Å²) in [5, 5.41) is 0. The van der Waals surface area contributed by atoms with Gasteiger partial charge in [0.25, 0.3) is 0 Å². The van der Waals surface area contributed by atoms with Gasteiger partial charge in [0.15, 0.2) is 0 Å². The summed E-state index contributed by atoms with van der Waals surface area (Å²) in [7, 11) is 0. The van der Waals surface area contributed by atoms with E-state index in [1.165, 1.54) is 11.1 Å². The zero-order valence-corrected chi connectivity index (χ0v) is 11.7. The smallest absolute Gasteiger partial charge is 0.130 e. The lowest BCUT2D eigenvalue weighted by Crippen LogP contribution is -2.15. The molecule has 100 valence electrons. The minimum Gasteiger partial charge on any atom is -0.324 e. The fraction of sp³-hybridized carbons (Fsp3) is 0.294. The third kappa shape index (κ3) is 3.02. The molecule has 1 nitrogen and oxygen atoms in total.